The smallest absolute Gasteiger partial charge is 0.146 e. The Morgan fingerprint density at radius 1 is 1.25 bits per heavy atom. The van der Waals surface area contributed by atoms with Crippen LogP contribution in [0.15, 0.2) is 0 Å². The summed E-state index contributed by atoms with van der Waals surface area (Å²) in [7, 11) is 0. The first kappa shape index (κ1) is 14.2. The highest BCUT2D eigenvalue weighted by Gasteiger charge is 2.16. The van der Waals surface area contributed by atoms with Crippen molar-refractivity contribution < 1.29 is 0 Å². The zero-order valence-electron chi connectivity index (χ0n) is 10.3. The van der Waals surface area contributed by atoms with Gasteiger partial charge in [0.1, 0.15) is 11.0 Å². The van der Waals surface area contributed by atoms with Gasteiger partial charge in [0.05, 0.1) is 9.26 Å². The van der Waals surface area contributed by atoms with Crippen molar-refractivity contribution in [2.24, 2.45) is 5.41 Å². The predicted octanol–water partition coefficient (Wildman–Crippen LogP) is 4.28. The predicted molar refractivity (Wildman–Crippen MR) is 76.9 cm³/mol. The summed E-state index contributed by atoms with van der Waals surface area (Å²) < 4.78 is 0.999. The molecule has 0 aromatic carbocycles. The van der Waals surface area contributed by atoms with Gasteiger partial charge in [-0.15, -0.1) is 0 Å². The van der Waals surface area contributed by atoms with E-state index in [9.17, 15) is 0 Å². The average Bonchev–Trinajstić information content (AvgIpc) is 2.11. The van der Waals surface area contributed by atoms with Crippen molar-refractivity contribution in [3.8, 4) is 0 Å². The molecule has 1 heterocycles. The number of nitrogens with zero attached hydrogens (tertiary/aromatic N) is 2. The van der Waals surface area contributed by atoms with E-state index in [0.29, 0.717) is 5.15 Å². The molecule has 0 fully saturated rings. The standard InChI is InChI=1S/C12H18ClIN2/c1-5-6-8-10(14)11(13)16-9(15-8)7-12(2,3)4/h5-7H2,1-4H3. The zero-order chi connectivity index (χ0) is 12.3. The van der Waals surface area contributed by atoms with Gasteiger partial charge in [-0.3, -0.25) is 0 Å². The quantitative estimate of drug-likeness (QED) is 0.599. The van der Waals surface area contributed by atoms with Crippen molar-refractivity contribution in [2.75, 3.05) is 0 Å². The van der Waals surface area contributed by atoms with E-state index in [1.165, 1.54) is 0 Å². The van der Waals surface area contributed by atoms with E-state index in [1.54, 1.807) is 0 Å². The van der Waals surface area contributed by atoms with E-state index in [1.807, 2.05) is 0 Å². The second kappa shape index (κ2) is 5.63. The van der Waals surface area contributed by atoms with Crippen molar-refractivity contribution in [1.82, 2.24) is 9.97 Å². The molecule has 0 N–H and O–H groups in total. The summed E-state index contributed by atoms with van der Waals surface area (Å²) in [5, 5.41) is 0.596. The summed E-state index contributed by atoms with van der Waals surface area (Å²) in [5.41, 5.74) is 1.28. The molecule has 0 saturated heterocycles. The summed E-state index contributed by atoms with van der Waals surface area (Å²) in [6.07, 6.45) is 2.91. The van der Waals surface area contributed by atoms with Crippen LogP contribution in [0.5, 0.6) is 0 Å². The summed E-state index contributed by atoms with van der Waals surface area (Å²) in [6.45, 7) is 8.70. The van der Waals surface area contributed by atoms with Crippen LogP contribution in [0.1, 0.15) is 45.6 Å². The second-order valence-corrected chi connectivity index (χ2v) is 6.62. The molecule has 0 atom stereocenters. The lowest BCUT2D eigenvalue weighted by molar-refractivity contribution is 0.400. The monoisotopic (exact) mass is 352 g/mol. The third kappa shape index (κ3) is 4.17. The zero-order valence-corrected chi connectivity index (χ0v) is 13.2. The maximum Gasteiger partial charge on any atom is 0.146 e. The third-order valence-corrected chi connectivity index (χ3v) is 3.83. The van der Waals surface area contributed by atoms with Crippen LogP contribution in [0.3, 0.4) is 0 Å². The molecule has 1 rings (SSSR count). The molecule has 0 amide bonds. The Hall–Kier alpha value is 0.100. The maximum absolute atomic E-state index is 6.12. The van der Waals surface area contributed by atoms with Gasteiger partial charge in [0.2, 0.25) is 0 Å². The highest BCUT2D eigenvalue weighted by molar-refractivity contribution is 14.1. The first-order valence-electron chi connectivity index (χ1n) is 5.54. The minimum atomic E-state index is 0.194. The molecule has 0 bridgehead atoms. The van der Waals surface area contributed by atoms with Crippen molar-refractivity contribution >= 4 is 34.2 Å². The lowest BCUT2D eigenvalue weighted by atomic mass is 9.92. The maximum atomic E-state index is 6.12. The molecule has 4 heteroatoms. The summed E-state index contributed by atoms with van der Waals surface area (Å²) in [4.78, 5) is 8.95. The van der Waals surface area contributed by atoms with E-state index >= 15 is 0 Å². The largest absolute Gasteiger partial charge is 0.237 e. The number of hydrogen-bond donors (Lipinski definition) is 0. The molecule has 16 heavy (non-hydrogen) atoms. The van der Waals surface area contributed by atoms with Gasteiger partial charge < -0.3 is 0 Å². The van der Waals surface area contributed by atoms with Crippen LogP contribution in [0.4, 0.5) is 0 Å². The molecular weight excluding hydrogens is 335 g/mol. The van der Waals surface area contributed by atoms with Gasteiger partial charge in [0, 0.05) is 6.42 Å². The molecule has 0 saturated carbocycles. The molecule has 0 spiro atoms. The fourth-order valence-electron chi connectivity index (χ4n) is 1.47. The van der Waals surface area contributed by atoms with Crippen molar-refractivity contribution in [2.45, 2.75) is 47.0 Å². The number of halogens is 2. The highest BCUT2D eigenvalue weighted by Crippen LogP contribution is 2.24. The Morgan fingerprint density at radius 3 is 2.38 bits per heavy atom. The van der Waals surface area contributed by atoms with Crippen LogP contribution in [-0.2, 0) is 12.8 Å². The summed E-state index contributed by atoms with van der Waals surface area (Å²) in [6, 6.07) is 0. The fraction of sp³-hybridized carbons (Fsp3) is 0.667. The Bertz CT molecular complexity index is 372. The molecule has 0 radical (unpaired) electrons. The number of aromatic nitrogens is 2. The highest BCUT2D eigenvalue weighted by atomic mass is 127. The Morgan fingerprint density at radius 2 is 1.88 bits per heavy atom. The molecule has 1 aromatic heterocycles. The first-order valence-corrected chi connectivity index (χ1v) is 7.00. The van der Waals surface area contributed by atoms with E-state index < -0.39 is 0 Å². The van der Waals surface area contributed by atoms with Gasteiger partial charge in [0.25, 0.3) is 0 Å². The molecular formula is C12H18ClIN2. The van der Waals surface area contributed by atoms with Gasteiger partial charge in [-0.1, -0.05) is 45.7 Å². The molecule has 0 unspecified atom stereocenters. The molecule has 0 aliphatic rings. The van der Waals surface area contributed by atoms with E-state index in [-0.39, 0.29) is 5.41 Å². The van der Waals surface area contributed by atoms with Crippen LogP contribution in [-0.4, -0.2) is 9.97 Å². The fourth-order valence-corrected chi connectivity index (χ4v) is 2.18. The van der Waals surface area contributed by atoms with Crippen LogP contribution in [0, 0.1) is 8.99 Å². The third-order valence-electron chi connectivity index (χ3n) is 2.10. The SMILES string of the molecule is CCCc1nc(CC(C)(C)C)nc(Cl)c1I. The summed E-state index contributed by atoms with van der Waals surface area (Å²) >= 11 is 8.35. The summed E-state index contributed by atoms with van der Waals surface area (Å²) in [5.74, 6) is 0.862. The second-order valence-electron chi connectivity index (χ2n) is 5.18. The molecule has 90 valence electrons. The van der Waals surface area contributed by atoms with Gasteiger partial charge >= 0.3 is 0 Å². The van der Waals surface area contributed by atoms with Crippen LogP contribution < -0.4 is 0 Å². The number of rotatable bonds is 3. The van der Waals surface area contributed by atoms with Crippen LogP contribution >= 0.6 is 34.2 Å². The van der Waals surface area contributed by atoms with Crippen molar-refractivity contribution in [3.05, 3.63) is 20.2 Å². The van der Waals surface area contributed by atoms with Crippen molar-refractivity contribution in [1.29, 1.82) is 0 Å². The first-order chi connectivity index (χ1) is 7.33. The lowest BCUT2D eigenvalue weighted by Crippen LogP contribution is -2.14. The molecule has 0 aliphatic heterocycles. The van der Waals surface area contributed by atoms with E-state index in [4.69, 9.17) is 11.6 Å². The normalized spacial score (nSPS) is 11.9. The Balaban J connectivity index is 3.04. The van der Waals surface area contributed by atoms with Crippen LogP contribution in [0.25, 0.3) is 0 Å². The van der Waals surface area contributed by atoms with E-state index in [0.717, 1.165) is 34.4 Å². The Kier molecular flexibility index (Phi) is 4.98. The molecule has 1 aromatic rings. The lowest BCUT2D eigenvalue weighted by Gasteiger charge is -2.17. The molecule has 2 nitrogen and oxygen atoms in total. The topological polar surface area (TPSA) is 25.8 Å². The van der Waals surface area contributed by atoms with E-state index in [2.05, 4.69) is 60.3 Å². The minimum absolute atomic E-state index is 0.194. The minimum Gasteiger partial charge on any atom is -0.237 e. The molecule has 0 aliphatic carbocycles. The van der Waals surface area contributed by atoms with Gasteiger partial charge in [-0.25, -0.2) is 9.97 Å². The average molecular weight is 353 g/mol. The number of aryl methyl sites for hydroxylation is 1. The van der Waals surface area contributed by atoms with Crippen molar-refractivity contribution in [3.63, 3.8) is 0 Å². The van der Waals surface area contributed by atoms with Gasteiger partial charge in [-0.05, 0) is 34.4 Å². The Labute approximate surface area is 116 Å². The van der Waals surface area contributed by atoms with Gasteiger partial charge in [0.15, 0.2) is 0 Å². The van der Waals surface area contributed by atoms with Crippen LogP contribution in [0.2, 0.25) is 5.15 Å². The number of hydrogen-bond acceptors (Lipinski definition) is 2. The van der Waals surface area contributed by atoms with Gasteiger partial charge in [-0.2, -0.15) is 0 Å².